The normalized spacial score (nSPS) is 30.0. The summed E-state index contributed by atoms with van der Waals surface area (Å²) in [5.41, 5.74) is 4.48. The highest BCUT2D eigenvalue weighted by molar-refractivity contribution is 5.75. The van der Waals surface area contributed by atoms with E-state index in [4.69, 9.17) is 80.5 Å². The Morgan fingerprint density at radius 1 is 0.391 bits per heavy atom. The Hall–Kier alpha value is -8.54. The summed E-state index contributed by atoms with van der Waals surface area (Å²) in [6, 6.07) is 50.0. The van der Waals surface area contributed by atoms with E-state index in [2.05, 4.69) is 21.3 Å². The fourth-order valence-electron chi connectivity index (χ4n) is 14.0. The van der Waals surface area contributed by atoms with Crippen LogP contribution < -0.4 is 21.3 Å². The highest BCUT2D eigenvalue weighted by Crippen LogP contribution is 2.41. The molecule has 29 heteroatoms. The number of nitrogens with one attached hydrogen (secondary N) is 4. The molecule has 1 unspecified atom stereocenters. The molecule has 6 aromatic rings. The topological polar surface area (TPSA) is 348 Å². The van der Waals surface area contributed by atoms with Crippen LogP contribution in [0.4, 0.5) is 0 Å². The second-order valence-electron chi connectivity index (χ2n) is 27.5. The van der Waals surface area contributed by atoms with Gasteiger partial charge in [0, 0.05) is 40.4 Å². The van der Waals surface area contributed by atoms with Gasteiger partial charge in [0.2, 0.25) is 23.6 Å². The van der Waals surface area contributed by atoms with Gasteiger partial charge in [-0.15, -0.1) is 0 Å². The maximum absolute atomic E-state index is 14.2. The molecule has 0 radical (unpaired) electrons. The first-order chi connectivity index (χ1) is 53.3. The molecule has 11 rings (SSSR count). The number of methoxy groups -OCH3 is 1. The van der Waals surface area contributed by atoms with Gasteiger partial charge >= 0.3 is 11.9 Å². The molecule has 6 N–H and O–H groups in total. The van der Waals surface area contributed by atoms with Crippen LogP contribution in [0.2, 0.25) is 0 Å². The Balaban J connectivity index is 1.02. The van der Waals surface area contributed by atoms with Gasteiger partial charge < -0.3 is 112 Å². The number of carboxylic acid groups (broad SMARTS) is 2. The van der Waals surface area contributed by atoms with Crippen molar-refractivity contribution in [3.05, 3.63) is 215 Å². The summed E-state index contributed by atoms with van der Waals surface area (Å²) in [6.45, 7) is 6.64. The van der Waals surface area contributed by atoms with Crippen LogP contribution >= 0.6 is 0 Å². The number of rotatable bonds is 36. The van der Waals surface area contributed by atoms with Crippen molar-refractivity contribution in [3.8, 4) is 0 Å². The van der Waals surface area contributed by atoms with Gasteiger partial charge in [-0.3, -0.25) is 19.2 Å². The quantitative estimate of drug-likeness (QED) is 0.0249. The summed E-state index contributed by atoms with van der Waals surface area (Å²) < 4.78 is 116. The molecule has 6 aromatic carbocycles. The van der Waals surface area contributed by atoms with Crippen molar-refractivity contribution in [1.82, 2.24) is 21.3 Å². The maximum atomic E-state index is 14.2. The van der Waals surface area contributed by atoms with Crippen molar-refractivity contribution in [2.75, 3.05) is 33.5 Å². The molecule has 29 nitrogen and oxygen atoms in total. The predicted molar refractivity (Wildman–Crippen MR) is 389 cm³/mol. The molecule has 0 spiro atoms. The highest BCUT2D eigenvalue weighted by atomic mass is 16.8. The number of fused-ring (bicyclic) bond motifs is 1. The number of ether oxygens (including phenoxy) is 17. The number of amides is 4. The van der Waals surface area contributed by atoms with Crippen LogP contribution in [0.1, 0.15) is 81.2 Å². The van der Waals surface area contributed by atoms with Gasteiger partial charge in [-0.2, -0.15) is 0 Å². The molecule has 0 saturated carbocycles. The van der Waals surface area contributed by atoms with E-state index in [-0.39, 0.29) is 59.5 Å². The first kappa shape index (κ1) is 82.4. The minimum Gasteiger partial charge on any atom is -0.479 e. The predicted octanol–water partition coefficient (Wildman–Crippen LogP) is 6.36. The molecule has 5 saturated heterocycles. The SMILES string of the molecule is CO[C@@H]1O[C@H](COCc2ccccc2)[C@@H](O[C@@H]2O[C@H](COCc3ccccc3)[C@@H](O[C@@H]3O[C@H](COCc4ccccc4)[C@@H](O[C@@H]4O[C@@H]5COC(c6ccccc6)O[C@H]5[C@H](OCc5ccccc5)[C@H]4NC(C)=O)[C@H](O[C@H](C)C(=O)O)[C@H]3NC(C)=O)[C@H](OCc3ccccc3)[C@H]2NC(C)=O)[C@H](O[C@H](C)C(=O)O)[C@H]1NC(C)=O. The smallest absolute Gasteiger partial charge is 0.332 e. The van der Waals surface area contributed by atoms with Crippen molar-refractivity contribution in [2.24, 2.45) is 0 Å². The van der Waals surface area contributed by atoms with Gasteiger partial charge in [0.05, 0.1) is 59.5 Å². The fourth-order valence-corrected chi connectivity index (χ4v) is 14.0. The van der Waals surface area contributed by atoms with Gasteiger partial charge in [-0.05, 0) is 41.7 Å². The molecule has 5 heterocycles. The molecule has 592 valence electrons. The van der Waals surface area contributed by atoms with E-state index in [1.165, 1.54) is 48.7 Å². The summed E-state index contributed by atoms with van der Waals surface area (Å²) in [7, 11) is 1.35. The largest absolute Gasteiger partial charge is 0.479 e. The number of carbonyl (C=O) groups is 6. The minimum atomic E-state index is -1.75. The lowest BCUT2D eigenvalue weighted by Gasteiger charge is -2.53. The van der Waals surface area contributed by atoms with Crippen LogP contribution in [0.15, 0.2) is 182 Å². The standard InChI is InChI=1S/C81H98N4O25/c1-47(75(90)91)101-73-65(84-51(5)88)78(94-7)103-60(44-96-39-54-28-16-9-17-29-54)69(73)109-79-63(82-49(3)86)71(98-41-56-32-20-11-21-33-56)67(59(104-79)43-95-38-53-26-14-8-15-27-53)108-81-66(85-52(6)89)74(102-48(2)76(92)93)70(61(105-81)45-97-40-55-30-18-10-19-31-55)110-80-64(83-50(4)87)72(99-42-57-34-22-12-23-35-57)68-62(106-80)46-100-77(107-68)58-36-24-13-25-37-58/h8-37,47-48,59-74,77-81H,38-46H2,1-7H3,(H,82,86)(H,83,87)(H,84,88)(H,85,89)(H,90,91)(H,92,93)/t47-,48-,59-,60-,61-,62-,63-,64-,65-,66-,67-,68-,69-,70-,71-,72-,73-,74-,77?,78-,79+,80+,81+/m1/s1. The van der Waals surface area contributed by atoms with Crippen LogP contribution in [0.25, 0.3) is 0 Å². The Bertz CT molecular complexity index is 3850. The van der Waals surface area contributed by atoms with Gasteiger partial charge in [-0.1, -0.05) is 182 Å². The lowest BCUT2D eigenvalue weighted by molar-refractivity contribution is -0.381. The average Bonchev–Trinajstić information content (AvgIpc) is 0.759. The Labute approximate surface area is 638 Å². The molecular formula is C81H98N4O25. The van der Waals surface area contributed by atoms with Crippen molar-refractivity contribution >= 4 is 35.6 Å². The monoisotopic (exact) mass is 1530 g/mol. The zero-order valence-electron chi connectivity index (χ0n) is 62.2. The lowest BCUT2D eigenvalue weighted by atomic mass is 9.92. The zero-order chi connectivity index (χ0) is 77.6. The Morgan fingerprint density at radius 3 is 1.06 bits per heavy atom. The van der Waals surface area contributed by atoms with Crippen molar-refractivity contribution in [2.45, 2.75) is 216 Å². The summed E-state index contributed by atoms with van der Waals surface area (Å²) in [6.07, 6.45) is -26.1. The number of hydrogen-bond donors (Lipinski definition) is 6. The molecule has 4 amide bonds. The van der Waals surface area contributed by atoms with Crippen LogP contribution in [0, 0.1) is 0 Å². The van der Waals surface area contributed by atoms with Crippen LogP contribution in [-0.4, -0.2) is 214 Å². The summed E-state index contributed by atoms with van der Waals surface area (Å²) in [5, 5.41) is 33.2. The van der Waals surface area contributed by atoms with Crippen LogP contribution in [-0.2, 0) is 142 Å². The molecule has 0 aromatic heterocycles. The number of carboxylic acids is 2. The third kappa shape index (κ3) is 22.6. The maximum Gasteiger partial charge on any atom is 0.332 e. The van der Waals surface area contributed by atoms with Crippen molar-refractivity contribution in [1.29, 1.82) is 0 Å². The first-order valence-corrected chi connectivity index (χ1v) is 36.7. The number of carbonyl (C=O) groups excluding carboxylic acids is 4. The number of hydrogen-bond acceptors (Lipinski definition) is 23. The molecule has 5 fully saturated rings. The molecular weight excluding hydrogens is 1430 g/mol. The Kier molecular flexibility index (Phi) is 30.4. The second kappa shape index (κ2) is 40.6. The van der Waals surface area contributed by atoms with E-state index in [1.807, 2.05) is 182 Å². The number of benzene rings is 6. The molecule has 23 atom stereocenters. The summed E-state index contributed by atoms with van der Waals surface area (Å²) >= 11 is 0. The molecule has 0 aliphatic carbocycles. The van der Waals surface area contributed by atoms with Gasteiger partial charge in [0.25, 0.3) is 0 Å². The molecule has 5 aliphatic rings. The van der Waals surface area contributed by atoms with E-state index in [0.717, 1.165) is 22.3 Å². The van der Waals surface area contributed by atoms with E-state index < -0.39 is 177 Å². The minimum absolute atomic E-state index is 0.00626. The van der Waals surface area contributed by atoms with Crippen LogP contribution in [0.5, 0.6) is 0 Å². The second-order valence-corrected chi connectivity index (χ2v) is 27.5. The summed E-state index contributed by atoms with van der Waals surface area (Å²) in [4.78, 5) is 81.6. The molecule has 5 aliphatic heterocycles. The fraction of sp³-hybridized carbons (Fsp3) is 0.481. The van der Waals surface area contributed by atoms with E-state index in [9.17, 15) is 39.0 Å². The third-order valence-electron chi connectivity index (χ3n) is 19.1. The van der Waals surface area contributed by atoms with Gasteiger partial charge in [-0.25, -0.2) is 9.59 Å². The third-order valence-corrected chi connectivity index (χ3v) is 19.1. The Morgan fingerprint density at radius 2 is 0.700 bits per heavy atom. The van der Waals surface area contributed by atoms with E-state index in [0.29, 0.717) is 11.1 Å². The highest BCUT2D eigenvalue weighted by Gasteiger charge is 2.60. The number of aliphatic carboxylic acids is 2. The van der Waals surface area contributed by atoms with Crippen molar-refractivity contribution < 1.29 is 120 Å². The van der Waals surface area contributed by atoms with E-state index >= 15 is 0 Å². The van der Waals surface area contributed by atoms with Gasteiger partial charge in [0.1, 0.15) is 97.4 Å². The average molecular weight is 1530 g/mol. The first-order valence-electron chi connectivity index (χ1n) is 36.7. The van der Waals surface area contributed by atoms with Gasteiger partial charge in [0.15, 0.2) is 43.7 Å². The zero-order valence-corrected chi connectivity index (χ0v) is 62.2. The van der Waals surface area contributed by atoms with E-state index in [1.54, 1.807) is 0 Å². The molecule has 0 bridgehead atoms. The van der Waals surface area contributed by atoms with Crippen molar-refractivity contribution in [3.63, 3.8) is 0 Å². The molecule has 110 heavy (non-hydrogen) atoms. The lowest BCUT2D eigenvalue weighted by Crippen LogP contribution is -2.73. The van der Waals surface area contributed by atoms with Crippen LogP contribution in [0.3, 0.4) is 0 Å². The summed E-state index contributed by atoms with van der Waals surface area (Å²) in [5.74, 6) is -5.13.